The summed E-state index contributed by atoms with van der Waals surface area (Å²) in [6.07, 6.45) is 1.27. The van der Waals surface area contributed by atoms with Crippen LogP contribution in [0.4, 0.5) is 5.82 Å². The lowest BCUT2D eigenvalue weighted by Gasteiger charge is -1.99. The summed E-state index contributed by atoms with van der Waals surface area (Å²) in [5.74, 6) is -0.753. The number of carboxylic acid groups (broad SMARTS) is 1. The average molecular weight is 272 g/mol. The van der Waals surface area contributed by atoms with Crippen LogP contribution in [0.3, 0.4) is 0 Å². The van der Waals surface area contributed by atoms with Crippen molar-refractivity contribution in [3.63, 3.8) is 0 Å². The molecule has 2 rings (SSSR count). The molecule has 3 N–H and O–H groups in total. The maximum absolute atomic E-state index is 10.6. The molecule has 0 bridgehead atoms. The van der Waals surface area contributed by atoms with E-state index in [4.69, 9.17) is 10.8 Å². The Morgan fingerprint density at radius 3 is 3.00 bits per heavy atom. The first-order valence-corrected chi connectivity index (χ1v) is 4.73. The number of halogens is 1. The van der Waals surface area contributed by atoms with Crippen LogP contribution in [0, 0.1) is 0 Å². The number of hydrogen-bond acceptors (Lipinski definition) is 5. The zero-order valence-electron chi connectivity index (χ0n) is 7.38. The number of fused-ring (bicyclic) bond motifs is 1. The number of nitrogens with two attached hydrogens (primary N) is 1. The molecule has 2 heterocycles. The van der Waals surface area contributed by atoms with E-state index in [-0.39, 0.29) is 12.4 Å². The Morgan fingerprint density at radius 1 is 1.60 bits per heavy atom. The monoisotopic (exact) mass is 271 g/mol. The number of nitrogen functional groups attached to an aromatic ring is 1. The molecular weight excluding hydrogens is 266 g/mol. The number of aliphatic carboxylic acids is 1. The summed E-state index contributed by atoms with van der Waals surface area (Å²) >= 11 is 3.14. The molecule has 0 aliphatic heterocycles. The number of carboxylic acids is 1. The van der Waals surface area contributed by atoms with Gasteiger partial charge < -0.3 is 10.8 Å². The molecule has 0 fully saturated rings. The second kappa shape index (κ2) is 3.46. The third-order valence-electron chi connectivity index (χ3n) is 1.81. The van der Waals surface area contributed by atoms with Crippen molar-refractivity contribution >= 4 is 38.9 Å². The van der Waals surface area contributed by atoms with Crippen molar-refractivity contribution in [2.24, 2.45) is 0 Å². The van der Waals surface area contributed by atoms with Crippen LogP contribution in [0.5, 0.6) is 0 Å². The minimum absolute atomic E-state index is 0.227. The van der Waals surface area contributed by atoms with E-state index in [0.717, 1.165) is 0 Å². The third kappa shape index (κ3) is 1.63. The van der Waals surface area contributed by atoms with Gasteiger partial charge in [-0.1, -0.05) is 0 Å². The van der Waals surface area contributed by atoms with Crippen LogP contribution in [-0.4, -0.2) is 30.6 Å². The van der Waals surface area contributed by atoms with Gasteiger partial charge in [-0.25, -0.2) is 15.0 Å². The van der Waals surface area contributed by atoms with E-state index in [1.54, 1.807) is 0 Å². The Morgan fingerprint density at radius 2 is 2.33 bits per heavy atom. The van der Waals surface area contributed by atoms with Crippen LogP contribution < -0.4 is 5.73 Å². The van der Waals surface area contributed by atoms with Crippen molar-refractivity contribution in [3.8, 4) is 0 Å². The van der Waals surface area contributed by atoms with Crippen molar-refractivity contribution in [3.05, 3.63) is 11.1 Å². The Kier molecular flexibility index (Phi) is 2.27. The highest BCUT2D eigenvalue weighted by atomic mass is 79.9. The fourth-order valence-corrected chi connectivity index (χ4v) is 1.67. The number of aromatic nitrogens is 4. The second-order valence-corrected chi connectivity index (χ2v) is 3.50. The van der Waals surface area contributed by atoms with Gasteiger partial charge in [0.1, 0.15) is 12.9 Å². The number of nitrogens with zero attached hydrogens (tertiary/aromatic N) is 4. The van der Waals surface area contributed by atoms with Crippen LogP contribution >= 0.6 is 15.9 Å². The van der Waals surface area contributed by atoms with E-state index in [1.165, 1.54) is 10.9 Å². The van der Waals surface area contributed by atoms with Gasteiger partial charge in [-0.2, -0.15) is 0 Å². The van der Waals surface area contributed by atoms with Crippen LogP contribution in [0.25, 0.3) is 11.2 Å². The predicted octanol–water partition coefficient (Wildman–Crippen LogP) is 0.256. The van der Waals surface area contributed by atoms with Gasteiger partial charge >= 0.3 is 5.97 Å². The number of carbonyl (C=O) groups is 1. The summed E-state index contributed by atoms with van der Waals surface area (Å²) in [7, 11) is 0. The normalized spacial score (nSPS) is 10.7. The largest absolute Gasteiger partial charge is 0.480 e. The lowest BCUT2D eigenvalue weighted by atomic mass is 10.5. The third-order valence-corrected chi connectivity index (χ3v) is 2.41. The van der Waals surface area contributed by atoms with Gasteiger partial charge in [0.25, 0.3) is 0 Å². The summed E-state index contributed by atoms with van der Waals surface area (Å²) in [6, 6.07) is 0. The van der Waals surface area contributed by atoms with Crippen molar-refractivity contribution in [2.75, 3.05) is 5.73 Å². The first kappa shape index (κ1) is 9.84. The fourth-order valence-electron chi connectivity index (χ4n) is 1.20. The number of anilines is 1. The van der Waals surface area contributed by atoms with Gasteiger partial charge in [-0.3, -0.25) is 9.36 Å². The fraction of sp³-hybridized carbons (Fsp3) is 0.143. The lowest BCUT2D eigenvalue weighted by Crippen LogP contribution is -2.09. The summed E-state index contributed by atoms with van der Waals surface area (Å²) in [6.45, 7) is -0.229. The van der Waals surface area contributed by atoms with Gasteiger partial charge in [0.05, 0.1) is 0 Å². The molecular formula is C7H6BrN5O2. The Bertz CT molecular complexity index is 537. The summed E-state index contributed by atoms with van der Waals surface area (Å²) in [4.78, 5) is 22.3. The van der Waals surface area contributed by atoms with Crippen LogP contribution in [-0.2, 0) is 11.3 Å². The molecule has 0 aromatic carbocycles. The van der Waals surface area contributed by atoms with Crippen LogP contribution in [0.15, 0.2) is 11.1 Å². The molecule has 78 valence electrons. The Balaban J connectivity index is 2.68. The number of hydrogen-bond donors (Lipinski definition) is 2. The molecule has 2 aromatic heterocycles. The molecule has 7 nitrogen and oxygen atoms in total. The molecule has 0 amide bonds. The van der Waals surface area contributed by atoms with E-state index < -0.39 is 5.97 Å². The Hall–Kier alpha value is -1.70. The van der Waals surface area contributed by atoms with E-state index in [9.17, 15) is 4.79 Å². The maximum atomic E-state index is 10.6. The molecule has 15 heavy (non-hydrogen) atoms. The first-order valence-electron chi connectivity index (χ1n) is 3.93. The minimum atomic E-state index is -0.979. The van der Waals surface area contributed by atoms with Crippen molar-refractivity contribution in [2.45, 2.75) is 6.54 Å². The maximum Gasteiger partial charge on any atom is 0.323 e. The van der Waals surface area contributed by atoms with Gasteiger partial charge in [0.2, 0.25) is 0 Å². The highest BCUT2D eigenvalue weighted by Crippen LogP contribution is 2.20. The average Bonchev–Trinajstić information content (AvgIpc) is 2.45. The molecule has 0 saturated carbocycles. The summed E-state index contributed by atoms with van der Waals surface area (Å²) < 4.78 is 1.77. The van der Waals surface area contributed by atoms with Gasteiger partial charge in [-0.05, 0) is 15.9 Å². The van der Waals surface area contributed by atoms with Crippen LogP contribution in [0.1, 0.15) is 0 Å². The Labute approximate surface area is 92.1 Å². The van der Waals surface area contributed by atoms with E-state index in [2.05, 4.69) is 30.9 Å². The molecule has 0 aliphatic rings. The molecule has 0 atom stereocenters. The van der Waals surface area contributed by atoms with E-state index in [0.29, 0.717) is 15.9 Å². The lowest BCUT2D eigenvalue weighted by molar-refractivity contribution is -0.137. The molecule has 0 aliphatic carbocycles. The number of rotatable bonds is 2. The highest BCUT2D eigenvalue weighted by Gasteiger charge is 2.14. The van der Waals surface area contributed by atoms with Crippen molar-refractivity contribution < 1.29 is 9.90 Å². The van der Waals surface area contributed by atoms with E-state index >= 15 is 0 Å². The minimum Gasteiger partial charge on any atom is -0.480 e. The number of imidazole rings is 1. The zero-order valence-corrected chi connectivity index (χ0v) is 8.97. The molecule has 0 spiro atoms. The van der Waals surface area contributed by atoms with Gasteiger partial charge in [0.15, 0.2) is 21.7 Å². The molecule has 8 heteroatoms. The quantitative estimate of drug-likeness (QED) is 0.759. The summed E-state index contributed by atoms with van der Waals surface area (Å²) in [5.41, 5.74) is 6.37. The zero-order chi connectivity index (χ0) is 11.0. The standard InChI is InChI=1S/C7H6BrN5O2/c8-7-12-4-5(9)10-2-11-6(4)13(7)1-3(14)15/h2H,1H2,(H,14,15)(H2,9,10,11). The van der Waals surface area contributed by atoms with Crippen molar-refractivity contribution in [1.82, 2.24) is 19.5 Å². The first-order chi connectivity index (χ1) is 7.09. The van der Waals surface area contributed by atoms with Gasteiger partial charge in [0, 0.05) is 0 Å². The smallest absolute Gasteiger partial charge is 0.323 e. The highest BCUT2D eigenvalue weighted by molar-refractivity contribution is 9.10. The molecule has 0 radical (unpaired) electrons. The van der Waals surface area contributed by atoms with Gasteiger partial charge in [-0.15, -0.1) is 0 Å². The SMILES string of the molecule is Nc1ncnc2c1nc(Br)n2CC(=O)O. The van der Waals surface area contributed by atoms with Crippen LogP contribution in [0.2, 0.25) is 0 Å². The second-order valence-electron chi connectivity index (χ2n) is 2.79. The molecule has 0 unspecified atom stereocenters. The molecule has 2 aromatic rings. The van der Waals surface area contributed by atoms with E-state index in [1.807, 2.05) is 0 Å². The summed E-state index contributed by atoms with van der Waals surface area (Å²) in [5, 5.41) is 8.69. The van der Waals surface area contributed by atoms with Crippen molar-refractivity contribution in [1.29, 1.82) is 0 Å². The molecule has 0 saturated heterocycles. The predicted molar refractivity (Wildman–Crippen MR) is 55.1 cm³/mol. The topological polar surface area (TPSA) is 107 Å².